The van der Waals surface area contributed by atoms with E-state index in [1.165, 1.54) is 0 Å². The molecule has 6 nitrogen and oxygen atoms in total. The SMILES string of the molecule is CC(C)OC(=O)CN1C(=O)S/C(=C\c2cn(Cc3ccccc3Cl)c3ccccc23)C1=O. The van der Waals surface area contributed by atoms with Gasteiger partial charge in [0.1, 0.15) is 6.54 Å². The molecule has 0 N–H and O–H groups in total. The van der Waals surface area contributed by atoms with Crippen LogP contribution in [0.5, 0.6) is 0 Å². The first kappa shape index (κ1) is 22.2. The fraction of sp³-hybridized carbons (Fsp3) is 0.208. The number of nitrogens with zero attached hydrogens (tertiary/aromatic N) is 2. The van der Waals surface area contributed by atoms with E-state index in [-0.39, 0.29) is 11.0 Å². The highest BCUT2D eigenvalue weighted by atomic mass is 35.5. The maximum absolute atomic E-state index is 12.8. The minimum absolute atomic E-state index is 0.271. The lowest BCUT2D eigenvalue weighted by molar-refractivity contribution is -0.149. The number of esters is 1. The van der Waals surface area contributed by atoms with Crippen LogP contribution >= 0.6 is 23.4 Å². The van der Waals surface area contributed by atoms with Crippen LogP contribution in [0.25, 0.3) is 17.0 Å². The van der Waals surface area contributed by atoms with Crippen molar-refractivity contribution in [3.05, 3.63) is 75.8 Å². The largest absolute Gasteiger partial charge is 0.462 e. The highest BCUT2D eigenvalue weighted by Gasteiger charge is 2.37. The van der Waals surface area contributed by atoms with Gasteiger partial charge >= 0.3 is 5.97 Å². The van der Waals surface area contributed by atoms with Crippen molar-refractivity contribution in [2.24, 2.45) is 0 Å². The molecular formula is C24H21ClN2O4S. The number of fused-ring (bicyclic) bond motifs is 1. The molecule has 2 amide bonds. The molecule has 164 valence electrons. The van der Waals surface area contributed by atoms with Gasteiger partial charge in [-0.2, -0.15) is 0 Å². The molecule has 0 aliphatic carbocycles. The molecule has 32 heavy (non-hydrogen) atoms. The Morgan fingerprint density at radius 1 is 1.12 bits per heavy atom. The van der Waals surface area contributed by atoms with Gasteiger partial charge in [0.15, 0.2) is 0 Å². The van der Waals surface area contributed by atoms with Crippen molar-refractivity contribution in [3.63, 3.8) is 0 Å². The van der Waals surface area contributed by atoms with Crippen molar-refractivity contribution >= 4 is 57.5 Å². The van der Waals surface area contributed by atoms with Gasteiger partial charge in [-0.1, -0.05) is 48.0 Å². The number of halogens is 1. The number of ether oxygens (including phenoxy) is 1. The predicted molar refractivity (Wildman–Crippen MR) is 126 cm³/mol. The van der Waals surface area contributed by atoms with Gasteiger partial charge in [0.05, 0.1) is 11.0 Å². The summed E-state index contributed by atoms with van der Waals surface area (Å²) in [7, 11) is 0. The summed E-state index contributed by atoms with van der Waals surface area (Å²) < 4.78 is 7.12. The average Bonchev–Trinajstić information content (AvgIpc) is 3.22. The molecule has 0 unspecified atom stereocenters. The summed E-state index contributed by atoms with van der Waals surface area (Å²) in [5.74, 6) is -1.11. The maximum Gasteiger partial charge on any atom is 0.326 e. The standard InChI is InChI=1S/C24H21ClN2O4S/c1-15(2)31-22(28)14-27-23(29)21(32-24(27)30)11-17-13-26(20-10-6-4-8-18(17)20)12-16-7-3-5-9-19(16)25/h3-11,13,15H,12,14H2,1-2H3/b21-11-. The van der Waals surface area contributed by atoms with E-state index in [1.807, 2.05) is 54.7 Å². The molecule has 1 aliphatic rings. The highest BCUT2D eigenvalue weighted by Crippen LogP contribution is 2.34. The Hall–Kier alpha value is -3.03. The van der Waals surface area contributed by atoms with E-state index in [0.29, 0.717) is 11.6 Å². The van der Waals surface area contributed by atoms with Crippen molar-refractivity contribution in [2.45, 2.75) is 26.5 Å². The number of imide groups is 1. The van der Waals surface area contributed by atoms with Crippen molar-refractivity contribution < 1.29 is 19.1 Å². The van der Waals surface area contributed by atoms with Crippen molar-refractivity contribution in [1.82, 2.24) is 9.47 Å². The second-order valence-electron chi connectivity index (χ2n) is 7.63. The number of benzene rings is 2. The fourth-order valence-electron chi connectivity index (χ4n) is 3.54. The van der Waals surface area contributed by atoms with Gasteiger partial charge in [-0.05, 0) is 49.4 Å². The molecule has 1 aliphatic heterocycles. The van der Waals surface area contributed by atoms with Gasteiger partial charge in [-0.15, -0.1) is 0 Å². The average molecular weight is 469 g/mol. The molecule has 1 aromatic heterocycles. The van der Waals surface area contributed by atoms with Gasteiger partial charge in [-0.3, -0.25) is 19.3 Å². The number of para-hydroxylation sites is 1. The molecular weight excluding hydrogens is 448 g/mol. The lowest BCUT2D eigenvalue weighted by atomic mass is 10.1. The molecule has 0 bridgehead atoms. The smallest absolute Gasteiger partial charge is 0.326 e. The van der Waals surface area contributed by atoms with Crippen LogP contribution in [-0.4, -0.2) is 39.2 Å². The Kier molecular flexibility index (Phi) is 6.39. The molecule has 0 spiro atoms. The number of thioether (sulfide) groups is 1. The summed E-state index contributed by atoms with van der Waals surface area (Å²) >= 11 is 7.16. The normalized spacial score (nSPS) is 15.4. The topological polar surface area (TPSA) is 68.6 Å². The van der Waals surface area contributed by atoms with Crippen LogP contribution < -0.4 is 0 Å². The van der Waals surface area contributed by atoms with Crippen LogP contribution in [0.2, 0.25) is 5.02 Å². The second-order valence-corrected chi connectivity index (χ2v) is 9.03. The van der Waals surface area contributed by atoms with Crippen LogP contribution in [0.4, 0.5) is 4.79 Å². The number of amides is 2. The minimum Gasteiger partial charge on any atom is -0.462 e. The number of carbonyl (C=O) groups excluding carboxylic acids is 3. The Bertz CT molecular complexity index is 1250. The molecule has 3 aromatic rings. The molecule has 0 atom stereocenters. The van der Waals surface area contributed by atoms with E-state index in [9.17, 15) is 14.4 Å². The van der Waals surface area contributed by atoms with E-state index in [4.69, 9.17) is 16.3 Å². The number of carbonyl (C=O) groups is 3. The van der Waals surface area contributed by atoms with Crippen LogP contribution in [0.3, 0.4) is 0 Å². The zero-order chi connectivity index (χ0) is 22.8. The van der Waals surface area contributed by atoms with Crippen LogP contribution in [0.15, 0.2) is 59.6 Å². The number of rotatable bonds is 6. The molecule has 2 heterocycles. The van der Waals surface area contributed by atoms with Crippen molar-refractivity contribution in [2.75, 3.05) is 6.54 Å². The third kappa shape index (κ3) is 4.59. The monoisotopic (exact) mass is 468 g/mol. The number of hydrogen-bond acceptors (Lipinski definition) is 5. The lowest BCUT2D eigenvalue weighted by Gasteiger charge is -2.13. The van der Waals surface area contributed by atoms with E-state index in [2.05, 4.69) is 4.57 Å². The minimum atomic E-state index is -0.611. The third-order valence-corrected chi connectivity index (χ3v) is 6.21. The molecule has 1 fully saturated rings. The summed E-state index contributed by atoms with van der Waals surface area (Å²) in [6.07, 6.45) is 3.32. The summed E-state index contributed by atoms with van der Waals surface area (Å²) in [4.78, 5) is 38.3. The summed E-state index contributed by atoms with van der Waals surface area (Å²) in [6, 6.07) is 15.5. The van der Waals surface area contributed by atoms with Gasteiger partial charge in [0.2, 0.25) is 0 Å². The molecule has 1 saturated heterocycles. The van der Waals surface area contributed by atoms with Gasteiger partial charge in [0, 0.05) is 34.2 Å². The predicted octanol–water partition coefficient (Wildman–Crippen LogP) is 5.33. The number of aromatic nitrogens is 1. The number of hydrogen-bond donors (Lipinski definition) is 0. The van der Waals surface area contributed by atoms with E-state index in [1.54, 1.807) is 19.9 Å². The van der Waals surface area contributed by atoms with Gasteiger partial charge < -0.3 is 9.30 Å². The zero-order valence-electron chi connectivity index (χ0n) is 17.6. The lowest BCUT2D eigenvalue weighted by Crippen LogP contribution is -2.35. The first-order chi connectivity index (χ1) is 15.3. The van der Waals surface area contributed by atoms with Crippen molar-refractivity contribution in [1.29, 1.82) is 0 Å². The zero-order valence-corrected chi connectivity index (χ0v) is 19.2. The Morgan fingerprint density at radius 3 is 2.59 bits per heavy atom. The molecule has 0 radical (unpaired) electrons. The first-order valence-corrected chi connectivity index (χ1v) is 11.3. The molecule has 8 heteroatoms. The first-order valence-electron chi connectivity index (χ1n) is 10.1. The molecule has 0 saturated carbocycles. The maximum atomic E-state index is 12.8. The van der Waals surface area contributed by atoms with Crippen LogP contribution in [-0.2, 0) is 20.9 Å². The van der Waals surface area contributed by atoms with Crippen molar-refractivity contribution in [3.8, 4) is 0 Å². The van der Waals surface area contributed by atoms with Gasteiger partial charge in [-0.25, -0.2) is 0 Å². The summed E-state index contributed by atoms with van der Waals surface area (Å²) in [5, 5.41) is 1.15. The second kappa shape index (κ2) is 9.22. The Balaban J connectivity index is 1.64. The highest BCUT2D eigenvalue weighted by molar-refractivity contribution is 8.18. The summed E-state index contributed by atoms with van der Waals surface area (Å²) in [6.45, 7) is 3.60. The molecule has 2 aromatic carbocycles. The molecule has 4 rings (SSSR count). The van der Waals surface area contributed by atoms with E-state index in [0.717, 1.165) is 38.7 Å². The Labute approximate surface area is 194 Å². The van der Waals surface area contributed by atoms with E-state index < -0.39 is 23.7 Å². The van der Waals surface area contributed by atoms with Gasteiger partial charge in [0.25, 0.3) is 11.1 Å². The van der Waals surface area contributed by atoms with Crippen LogP contribution in [0.1, 0.15) is 25.0 Å². The Morgan fingerprint density at radius 2 is 1.84 bits per heavy atom. The van der Waals surface area contributed by atoms with Crippen LogP contribution in [0, 0.1) is 0 Å². The summed E-state index contributed by atoms with van der Waals surface area (Å²) in [5.41, 5.74) is 2.77. The quantitative estimate of drug-likeness (QED) is 0.361. The third-order valence-electron chi connectivity index (χ3n) is 4.93. The fourth-order valence-corrected chi connectivity index (χ4v) is 4.56. The van der Waals surface area contributed by atoms with E-state index >= 15 is 0 Å².